The zero-order valence-electron chi connectivity index (χ0n) is 16.0. The van der Waals surface area contributed by atoms with Gasteiger partial charge in [0.2, 0.25) is 5.91 Å². The van der Waals surface area contributed by atoms with Gasteiger partial charge in [0.25, 0.3) is 0 Å². The third kappa shape index (κ3) is 4.29. The Bertz CT molecular complexity index is 578. The van der Waals surface area contributed by atoms with Gasteiger partial charge in [0.15, 0.2) is 0 Å². The van der Waals surface area contributed by atoms with Crippen molar-refractivity contribution in [1.29, 1.82) is 0 Å². The van der Waals surface area contributed by atoms with Crippen molar-refractivity contribution in [3.8, 4) is 0 Å². The van der Waals surface area contributed by atoms with Crippen LogP contribution in [0, 0.1) is 5.92 Å². The predicted octanol–water partition coefficient (Wildman–Crippen LogP) is 2.64. The standard InChI is InChI=1S/C22H33N3O/c26-22(24-13-5-14-24)20-8-4-12-25(18-20)21-10-16-23(17-11-21)15-9-19-6-2-1-3-7-19/h1-3,6-7,20-21H,4-5,8-18H2/t20-/m1/s1. The number of piperidine rings is 2. The second-order valence-electron chi connectivity index (χ2n) is 8.32. The summed E-state index contributed by atoms with van der Waals surface area (Å²) < 4.78 is 0. The summed E-state index contributed by atoms with van der Waals surface area (Å²) in [5.74, 6) is 0.696. The van der Waals surface area contributed by atoms with Crippen molar-refractivity contribution < 1.29 is 4.79 Å². The lowest BCUT2D eigenvalue weighted by molar-refractivity contribution is -0.141. The lowest BCUT2D eigenvalue weighted by atomic mass is 9.92. The molecule has 1 atom stereocenters. The average Bonchev–Trinajstić information content (AvgIpc) is 2.66. The van der Waals surface area contributed by atoms with Crippen LogP contribution in [0.5, 0.6) is 0 Å². The van der Waals surface area contributed by atoms with Gasteiger partial charge in [-0.25, -0.2) is 0 Å². The SMILES string of the molecule is O=C([C@@H]1CCCN(C2CCN(CCc3ccccc3)CC2)C1)N1CCC1. The van der Waals surface area contributed by atoms with E-state index in [0.717, 1.165) is 32.5 Å². The second-order valence-corrected chi connectivity index (χ2v) is 8.32. The van der Waals surface area contributed by atoms with Gasteiger partial charge in [-0.1, -0.05) is 30.3 Å². The molecule has 3 heterocycles. The average molecular weight is 356 g/mol. The molecular weight excluding hydrogens is 322 g/mol. The van der Waals surface area contributed by atoms with Gasteiger partial charge in [0.05, 0.1) is 5.92 Å². The van der Waals surface area contributed by atoms with Crippen LogP contribution in [-0.4, -0.2) is 72.5 Å². The number of hydrogen-bond donors (Lipinski definition) is 0. The Morgan fingerprint density at radius 3 is 2.38 bits per heavy atom. The lowest BCUT2D eigenvalue weighted by Gasteiger charge is -2.43. The normalized spacial score (nSPS) is 25.8. The molecule has 0 spiro atoms. The molecule has 3 saturated heterocycles. The number of amides is 1. The van der Waals surface area contributed by atoms with Crippen LogP contribution >= 0.6 is 0 Å². The molecule has 0 N–H and O–H groups in total. The van der Waals surface area contributed by atoms with Crippen molar-refractivity contribution in [2.24, 2.45) is 5.92 Å². The largest absolute Gasteiger partial charge is 0.342 e. The van der Waals surface area contributed by atoms with Gasteiger partial charge >= 0.3 is 0 Å². The first-order valence-electron chi connectivity index (χ1n) is 10.6. The third-order valence-corrected chi connectivity index (χ3v) is 6.60. The highest BCUT2D eigenvalue weighted by atomic mass is 16.2. The summed E-state index contributed by atoms with van der Waals surface area (Å²) in [5, 5.41) is 0. The summed E-state index contributed by atoms with van der Waals surface area (Å²) in [6.45, 7) is 7.77. The van der Waals surface area contributed by atoms with Crippen molar-refractivity contribution in [2.45, 2.75) is 44.6 Å². The molecule has 3 fully saturated rings. The molecule has 0 bridgehead atoms. The maximum atomic E-state index is 12.6. The van der Waals surface area contributed by atoms with Crippen LogP contribution in [0.15, 0.2) is 30.3 Å². The first-order valence-corrected chi connectivity index (χ1v) is 10.6. The Morgan fingerprint density at radius 1 is 0.923 bits per heavy atom. The summed E-state index contributed by atoms with van der Waals surface area (Å²) in [7, 11) is 0. The minimum absolute atomic E-state index is 0.264. The highest BCUT2D eigenvalue weighted by Crippen LogP contribution is 2.26. The molecule has 1 aromatic rings. The molecule has 1 amide bonds. The van der Waals surface area contributed by atoms with E-state index in [1.54, 1.807) is 0 Å². The van der Waals surface area contributed by atoms with E-state index < -0.39 is 0 Å². The Morgan fingerprint density at radius 2 is 1.69 bits per heavy atom. The Hall–Kier alpha value is -1.39. The van der Waals surface area contributed by atoms with E-state index in [4.69, 9.17) is 0 Å². The van der Waals surface area contributed by atoms with Crippen LogP contribution < -0.4 is 0 Å². The molecule has 26 heavy (non-hydrogen) atoms. The van der Waals surface area contributed by atoms with E-state index in [0.29, 0.717) is 11.9 Å². The van der Waals surface area contributed by atoms with Crippen molar-refractivity contribution in [3.63, 3.8) is 0 Å². The smallest absolute Gasteiger partial charge is 0.226 e. The molecule has 4 nitrogen and oxygen atoms in total. The van der Waals surface area contributed by atoms with E-state index in [2.05, 4.69) is 45.0 Å². The van der Waals surface area contributed by atoms with Crippen LogP contribution in [0.4, 0.5) is 0 Å². The van der Waals surface area contributed by atoms with Crippen LogP contribution in [0.25, 0.3) is 0 Å². The second kappa shape index (κ2) is 8.53. The van der Waals surface area contributed by atoms with Crippen LogP contribution in [-0.2, 0) is 11.2 Å². The van der Waals surface area contributed by atoms with Gasteiger partial charge < -0.3 is 9.80 Å². The zero-order chi connectivity index (χ0) is 17.8. The topological polar surface area (TPSA) is 26.8 Å². The maximum Gasteiger partial charge on any atom is 0.226 e. The van der Waals surface area contributed by atoms with Crippen molar-refractivity contribution in [3.05, 3.63) is 35.9 Å². The highest BCUT2D eigenvalue weighted by Gasteiger charge is 2.34. The Kier molecular flexibility index (Phi) is 5.91. The van der Waals surface area contributed by atoms with Gasteiger partial charge in [-0.2, -0.15) is 0 Å². The number of hydrogen-bond acceptors (Lipinski definition) is 3. The molecule has 0 unspecified atom stereocenters. The maximum absolute atomic E-state index is 12.6. The fraction of sp³-hybridized carbons (Fsp3) is 0.682. The molecule has 142 valence electrons. The molecular formula is C22H33N3O. The summed E-state index contributed by atoms with van der Waals surface area (Å²) in [5.41, 5.74) is 1.44. The number of nitrogens with zero attached hydrogens (tertiary/aromatic N) is 3. The lowest BCUT2D eigenvalue weighted by Crippen LogP contribution is -2.53. The minimum Gasteiger partial charge on any atom is -0.342 e. The molecule has 4 heteroatoms. The third-order valence-electron chi connectivity index (χ3n) is 6.60. The first kappa shape index (κ1) is 18.0. The van der Waals surface area contributed by atoms with Gasteiger partial charge in [-0.15, -0.1) is 0 Å². The molecule has 0 aromatic heterocycles. The molecule has 3 aliphatic rings. The van der Waals surface area contributed by atoms with E-state index in [1.807, 2.05) is 0 Å². The first-order chi connectivity index (χ1) is 12.8. The minimum atomic E-state index is 0.264. The summed E-state index contributed by atoms with van der Waals surface area (Å²) in [6.07, 6.45) is 7.17. The van der Waals surface area contributed by atoms with E-state index in [9.17, 15) is 4.79 Å². The molecule has 0 aliphatic carbocycles. The Balaban J connectivity index is 1.22. The fourth-order valence-corrected chi connectivity index (χ4v) is 4.77. The summed E-state index contributed by atoms with van der Waals surface area (Å²) >= 11 is 0. The van der Waals surface area contributed by atoms with Gasteiger partial charge in [-0.05, 0) is 63.7 Å². The molecule has 3 aliphatic heterocycles. The molecule has 1 aromatic carbocycles. The number of likely N-dealkylation sites (tertiary alicyclic amines) is 3. The highest BCUT2D eigenvalue weighted by molar-refractivity contribution is 5.79. The van der Waals surface area contributed by atoms with Crippen molar-refractivity contribution in [2.75, 3.05) is 45.8 Å². The molecule has 4 rings (SSSR count). The monoisotopic (exact) mass is 355 g/mol. The molecule has 0 radical (unpaired) electrons. The summed E-state index contributed by atoms with van der Waals surface area (Å²) in [4.78, 5) is 19.9. The number of carbonyl (C=O) groups is 1. The van der Waals surface area contributed by atoms with E-state index in [1.165, 1.54) is 57.4 Å². The predicted molar refractivity (Wildman–Crippen MR) is 105 cm³/mol. The van der Waals surface area contributed by atoms with Gasteiger partial charge in [0, 0.05) is 32.2 Å². The molecule has 0 saturated carbocycles. The van der Waals surface area contributed by atoms with Crippen molar-refractivity contribution in [1.82, 2.24) is 14.7 Å². The Labute approximate surface area is 158 Å². The quantitative estimate of drug-likeness (QED) is 0.812. The fourth-order valence-electron chi connectivity index (χ4n) is 4.77. The van der Waals surface area contributed by atoms with Gasteiger partial charge in [-0.3, -0.25) is 9.69 Å². The van der Waals surface area contributed by atoms with Gasteiger partial charge in [0.1, 0.15) is 0 Å². The van der Waals surface area contributed by atoms with E-state index in [-0.39, 0.29) is 5.92 Å². The van der Waals surface area contributed by atoms with Crippen molar-refractivity contribution >= 4 is 5.91 Å². The van der Waals surface area contributed by atoms with E-state index >= 15 is 0 Å². The van der Waals surface area contributed by atoms with Crippen LogP contribution in [0.2, 0.25) is 0 Å². The number of benzene rings is 1. The van der Waals surface area contributed by atoms with Crippen LogP contribution in [0.3, 0.4) is 0 Å². The number of carbonyl (C=O) groups excluding carboxylic acids is 1. The zero-order valence-corrected chi connectivity index (χ0v) is 16.0. The van der Waals surface area contributed by atoms with Crippen LogP contribution in [0.1, 0.15) is 37.7 Å². The summed E-state index contributed by atoms with van der Waals surface area (Å²) in [6, 6.07) is 11.5. The number of rotatable bonds is 5.